The molecule has 0 spiro atoms. The van der Waals surface area contributed by atoms with E-state index in [1.165, 1.54) is 0 Å². The highest BCUT2D eigenvalue weighted by Gasteiger charge is 2.17. The fraction of sp³-hybridized carbons (Fsp3) is 0.333. The number of fused-ring (bicyclic) bond motifs is 1. The third-order valence-electron chi connectivity index (χ3n) is 4.06. The van der Waals surface area contributed by atoms with Crippen LogP contribution in [-0.4, -0.2) is 18.2 Å². The average Bonchev–Trinajstić information content (AvgIpc) is 3.08. The van der Waals surface area contributed by atoms with Crippen molar-refractivity contribution in [3.63, 3.8) is 0 Å². The van der Waals surface area contributed by atoms with Gasteiger partial charge < -0.3 is 10.6 Å². The Morgan fingerprint density at radius 2 is 2.17 bits per heavy atom. The van der Waals surface area contributed by atoms with Crippen molar-refractivity contribution in [2.24, 2.45) is 0 Å². The minimum absolute atomic E-state index is 0.00871. The monoisotopic (exact) mass is 328 g/mol. The number of rotatable bonds is 5. The van der Waals surface area contributed by atoms with E-state index in [9.17, 15) is 9.59 Å². The van der Waals surface area contributed by atoms with Crippen molar-refractivity contribution in [1.82, 2.24) is 5.32 Å². The van der Waals surface area contributed by atoms with Crippen LogP contribution in [0.15, 0.2) is 35.7 Å². The molecule has 1 atom stereocenters. The quantitative estimate of drug-likeness (QED) is 0.882. The number of nitrogens with one attached hydrogen (secondary N) is 2. The topological polar surface area (TPSA) is 58.2 Å². The van der Waals surface area contributed by atoms with Crippen LogP contribution in [0.1, 0.15) is 46.6 Å². The van der Waals surface area contributed by atoms with Crippen LogP contribution < -0.4 is 10.6 Å². The molecular weight excluding hydrogens is 308 g/mol. The molecule has 1 amide bonds. The van der Waals surface area contributed by atoms with Gasteiger partial charge in [0.15, 0.2) is 5.78 Å². The molecule has 5 heteroatoms. The lowest BCUT2D eigenvalue weighted by molar-refractivity contribution is -0.120. The highest BCUT2D eigenvalue weighted by molar-refractivity contribution is 7.10. The van der Waals surface area contributed by atoms with Crippen molar-refractivity contribution >= 4 is 28.7 Å². The molecule has 120 valence electrons. The molecule has 1 aliphatic rings. The van der Waals surface area contributed by atoms with Crippen molar-refractivity contribution in [3.05, 3.63) is 51.7 Å². The summed E-state index contributed by atoms with van der Waals surface area (Å²) < 4.78 is 0. The van der Waals surface area contributed by atoms with Gasteiger partial charge in [0.1, 0.15) is 0 Å². The molecule has 1 aromatic carbocycles. The summed E-state index contributed by atoms with van der Waals surface area (Å²) in [6, 6.07) is 9.79. The first-order valence-electron chi connectivity index (χ1n) is 7.86. The lowest BCUT2D eigenvalue weighted by Gasteiger charge is -2.17. The highest BCUT2D eigenvalue weighted by atomic mass is 32.1. The molecule has 4 nitrogen and oxygen atoms in total. The van der Waals surface area contributed by atoms with Crippen LogP contribution >= 0.6 is 11.3 Å². The summed E-state index contributed by atoms with van der Waals surface area (Å²) >= 11 is 1.63. The van der Waals surface area contributed by atoms with Crippen molar-refractivity contribution < 1.29 is 9.59 Å². The maximum Gasteiger partial charge on any atom is 0.239 e. The van der Waals surface area contributed by atoms with Gasteiger partial charge in [-0.3, -0.25) is 9.59 Å². The Labute approximate surface area is 139 Å². The second kappa shape index (κ2) is 6.96. The zero-order valence-corrected chi connectivity index (χ0v) is 13.9. The molecule has 1 heterocycles. The van der Waals surface area contributed by atoms with Gasteiger partial charge in [0.25, 0.3) is 0 Å². The molecule has 1 aromatic heterocycles. The SMILES string of the molecule is CC(NC(=O)CNc1ccc2c(c1)C(=O)CCC2)c1cccs1. The number of hydrogen-bond donors (Lipinski definition) is 2. The predicted molar refractivity (Wildman–Crippen MR) is 93.1 cm³/mol. The van der Waals surface area contributed by atoms with E-state index in [0.29, 0.717) is 6.42 Å². The van der Waals surface area contributed by atoms with Crippen molar-refractivity contribution in [3.8, 4) is 0 Å². The average molecular weight is 328 g/mol. The van der Waals surface area contributed by atoms with Gasteiger partial charge in [0.2, 0.25) is 5.91 Å². The van der Waals surface area contributed by atoms with Crippen molar-refractivity contribution in [1.29, 1.82) is 0 Å². The molecule has 1 unspecified atom stereocenters. The highest BCUT2D eigenvalue weighted by Crippen LogP contribution is 2.24. The van der Waals surface area contributed by atoms with Crippen LogP contribution in [0.2, 0.25) is 0 Å². The molecule has 1 aliphatic carbocycles. The van der Waals surface area contributed by atoms with Gasteiger partial charge in [-0.05, 0) is 48.9 Å². The fourth-order valence-corrected chi connectivity index (χ4v) is 3.56. The van der Waals surface area contributed by atoms with Gasteiger partial charge in [-0.15, -0.1) is 11.3 Å². The predicted octanol–water partition coefficient (Wildman–Crippen LogP) is 3.56. The molecule has 0 saturated carbocycles. The second-order valence-electron chi connectivity index (χ2n) is 5.81. The third-order valence-corrected chi connectivity index (χ3v) is 5.12. The van der Waals surface area contributed by atoms with E-state index in [2.05, 4.69) is 10.6 Å². The van der Waals surface area contributed by atoms with Crippen LogP contribution in [0.25, 0.3) is 0 Å². The molecule has 0 fully saturated rings. The first-order chi connectivity index (χ1) is 11.1. The Kier molecular flexibility index (Phi) is 4.76. The van der Waals surface area contributed by atoms with Crippen LogP contribution in [-0.2, 0) is 11.2 Å². The maximum atomic E-state index is 12.0. The van der Waals surface area contributed by atoms with Crippen LogP contribution in [0.5, 0.6) is 0 Å². The summed E-state index contributed by atoms with van der Waals surface area (Å²) in [4.78, 5) is 25.1. The first kappa shape index (κ1) is 15.7. The Morgan fingerprint density at radius 1 is 1.30 bits per heavy atom. The number of anilines is 1. The summed E-state index contributed by atoms with van der Waals surface area (Å²) in [5.74, 6) is 0.139. The Morgan fingerprint density at radius 3 is 2.96 bits per heavy atom. The number of thiophene rings is 1. The van der Waals surface area contributed by atoms with E-state index in [1.807, 2.05) is 42.6 Å². The van der Waals surface area contributed by atoms with E-state index in [0.717, 1.165) is 34.5 Å². The Hall–Kier alpha value is -2.14. The van der Waals surface area contributed by atoms with Gasteiger partial charge in [-0.25, -0.2) is 0 Å². The standard InChI is InChI=1S/C18H20N2O2S/c1-12(17-6-3-9-23-17)20-18(22)11-19-14-8-7-13-4-2-5-16(21)15(13)10-14/h3,6-10,12,19H,2,4-5,11H2,1H3,(H,20,22). The number of ketones is 1. The molecule has 23 heavy (non-hydrogen) atoms. The van der Waals surface area contributed by atoms with Gasteiger partial charge in [-0.2, -0.15) is 0 Å². The second-order valence-corrected chi connectivity index (χ2v) is 6.79. The number of carbonyl (C=O) groups is 2. The van der Waals surface area contributed by atoms with E-state index < -0.39 is 0 Å². The third kappa shape index (κ3) is 3.79. The van der Waals surface area contributed by atoms with Gasteiger partial charge in [0.05, 0.1) is 12.6 Å². The zero-order valence-electron chi connectivity index (χ0n) is 13.1. The number of carbonyl (C=O) groups excluding carboxylic acids is 2. The van der Waals surface area contributed by atoms with E-state index in [-0.39, 0.29) is 24.3 Å². The molecule has 2 N–H and O–H groups in total. The summed E-state index contributed by atoms with van der Waals surface area (Å²) in [5.41, 5.74) is 2.73. The molecule has 0 radical (unpaired) electrons. The summed E-state index contributed by atoms with van der Waals surface area (Å²) in [7, 11) is 0. The number of amides is 1. The van der Waals surface area contributed by atoms with Gasteiger partial charge >= 0.3 is 0 Å². The Bertz CT molecular complexity index is 710. The van der Waals surface area contributed by atoms with E-state index >= 15 is 0 Å². The van der Waals surface area contributed by atoms with Crippen molar-refractivity contribution in [2.45, 2.75) is 32.2 Å². The number of benzene rings is 1. The van der Waals surface area contributed by atoms with Gasteiger partial charge in [-0.1, -0.05) is 12.1 Å². The Balaban J connectivity index is 1.57. The minimum Gasteiger partial charge on any atom is -0.376 e. The van der Waals surface area contributed by atoms with E-state index in [1.54, 1.807) is 11.3 Å². The largest absolute Gasteiger partial charge is 0.376 e. The van der Waals surface area contributed by atoms with Gasteiger partial charge in [0, 0.05) is 22.5 Å². The van der Waals surface area contributed by atoms with Crippen molar-refractivity contribution in [2.75, 3.05) is 11.9 Å². The smallest absolute Gasteiger partial charge is 0.239 e. The molecule has 2 aromatic rings. The molecule has 0 bridgehead atoms. The number of aryl methyl sites for hydroxylation is 1. The molecular formula is C18H20N2O2S. The normalized spacial score (nSPS) is 14.9. The zero-order chi connectivity index (χ0) is 16.2. The summed E-state index contributed by atoms with van der Waals surface area (Å²) in [5, 5.41) is 8.07. The van der Waals surface area contributed by atoms with Crippen LogP contribution in [0.3, 0.4) is 0 Å². The lowest BCUT2D eigenvalue weighted by Crippen LogP contribution is -2.31. The fourth-order valence-electron chi connectivity index (χ4n) is 2.82. The summed E-state index contributed by atoms with van der Waals surface area (Å²) in [6.45, 7) is 2.17. The molecule has 3 rings (SSSR count). The first-order valence-corrected chi connectivity index (χ1v) is 8.74. The van der Waals surface area contributed by atoms with Crippen LogP contribution in [0.4, 0.5) is 5.69 Å². The minimum atomic E-state index is -0.0602. The lowest BCUT2D eigenvalue weighted by atomic mass is 9.90. The molecule has 0 saturated heterocycles. The number of hydrogen-bond acceptors (Lipinski definition) is 4. The number of Topliss-reactive ketones (excluding diaryl/α,β-unsaturated/α-hetero) is 1. The molecule has 0 aliphatic heterocycles. The summed E-state index contributed by atoms with van der Waals surface area (Å²) in [6.07, 6.45) is 2.51. The maximum absolute atomic E-state index is 12.0. The van der Waals surface area contributed by atoms with E-state index in [4.69, 9.17) is 0 Å². The van der Waals surface area contributed by atoms with Crippen LogP contribution in [0, 0.1) is 0 Å².